The van der Waals surface area contributed by atoms with E-state index in [2.05, 4.69) is 15.3 Å². The second-order valence-corrected chi connectivity index (χ2v) is 5.37. The molecule has 0 unspecified atom stereocenters. The van der Waals surface area contributed by atoms with Crippen molar-refractivity contribution in [3.63, 3.8) is 0 Å². The first kappa shape index (κ1) is 13.1. The van der Waals surface area contributed by atoms with Gasteiger partial charge in [0, 0.05) is 24.6 Å². The third kappa shape index (κ3) is 2.67. The van der Waals surface area contributed by atoms with Crippen LogP contribution in [0.25, 0.3) is 5.82 Å². The highest BCUT2D eigenvalue weighted by atomic mass is 16.3. The number of rotatable bonds is 3. The van der Waals surface area contributed by atoms with Gasteiger partial charge in [0.15, 0.2) is 5.82 Å². The smallest absolute Gasteiger partial charge is 0.161 e. The standard InChI is InChI=1S/C15H20N4O/c1-11-16-9-10-19(11)15-14(3-2-8-17-15)18-12-4-6-13(20)7-5-12/h2-3,8-10,12-13,18,20H,4-7H2,1H3. The Morgan fingerprint density at radius 3 is 2.70 bits per heavy atom. The summed E-state index contributed by atoms with van der Waals surface area (Å²) in [5.41, 5.74) is 1.02. The summed E-state index contributed by atoms with van der Waals surface area (Å²) >= 11 is 0. The van der Waals surface area contributed by atoms with Crippen LogP contribution in [0, 0.1) is 6.92 Å². The number of aryl methyl sites for hydroxylation is 1. The largest absolute Gasteiger partial charge is 0.393 e. The van der Waals surface area contributed by atoms with Crippen LogP contribution in [0.3, 0.4) is 0 Å². The highest BCUT2D eigenvalue weighted by Crippen LogP contribution is 2.25. The molecule has 2 heterocycles. The van der Waals surface area contributed by atoms with Crippen molar-refractivity contribution in [1.82, 2.24) is 14.5 Å². The minimum atomic E-state index is -0.127. The molecule has 0 amide bonds. The fourth-order valence-electron chi connectivity index (χ4n) is 2.74. The van der Waals surface area contributed by atoms with E-state index in [0.717, 1.165) is 43.0 Å². The number of hydrogen-bond acceptors (Lipinski definition) is 4. The third-order valence-electron chi connectivity index (χ3n) is 3.90. The number of hydrogen-bond donors (Lipinski definition) is 2. The highest BCUT2D eigenvalue weighted by molar-refractivity contribution is 5.57. The molecule has 5 heteroatoms. The molecule has 0 aromatic carbocycles. The number of nitrogens with one attached hydrogen (secondary N) is 1. The quantitative estimate of drug-likeness (QED) is 0.900. The van der Waals surface area contributed by atoms with Gasteiger partial charge in [-0.15, -0.1) is 0 Å². The summed E-state index contributed by atoms with van der Waals surface area (Å²) in [4.78, 5) is 8.73. The molecule has 1 fully saturated rings. The Balaban J connectivity index is 1.82. The normalized spacial score (nSPS) is 22.7. The number of anilines is 1. The van der Waals surface area contributed by atoms with E-state index < -0.39 is 0 Å². The molecular formula is C15H20N4O. The van der Waals surface area contributed by atoms with Gasteiger partial charge in [0.05, 0.1) is 11.8 Å². The highest BCUT2D eigenvalue weighted by Gasteiger charge is 2.20. The molecule has 106 valence electrons. The van der Waals surface area contributed by atoms with Crippen molar-refractivity contribution in [2.45, 2.75) is 44.8 Å². The van der Waals surface area contributed by atoms with Crippen molar-refractivity contribution in [2.75, 3.05) is 5.32 Å². The molecule has 0 saturated heterocycles. The second kappa shape index (κ2) is 5.63. The van der Waals surface area contributed by atoms with Gasteiger partial charge < -0.3 is 10.4 Å². The van der Waals surface area contributed by atoms with Crippen molar-refractivity contribution in [3.8, 4) is 5.82 Å². The van der Waals surface area contributed by atoms with E-state index in [0.29, 0.717) is 6.04 Å². The SMILES string of the molecule is Cc1nccn1-c1ncccc1NC1CCC(O)CC1. The first-order valence-corrected chi connectivity index (χ1v) is 7.14. The second-order valence-electron chi connectivity index (χ2n) is 5.37. The van der Waals surface area contributed by atoms with E-state index in [4.69, 9.17) is 0 Å². The molecule has 2 N–H and O–H groups in total. The van der Waals surface area contributed by atoms with Gasteiger partial charge in [0.1, 0.15) is 5.82 Å². The maximum atomic E-state index is 9.58. The minimum absolute atomic E-state index is 0.127. The number of nitrogens with zero attached hydrogens (tertiary/aromatic N) is 3. The van der Waals surface area contributed by atoms with Gasteiger partial charge in [0.2, 0.25) is 0 Å². The van der Waals surface area contributed by atoms with E-state index in [9.17, 15) is 5.11 Å². The Bertz CT molecular complexity index is 573. The van der Waals surface area contributed by atoms with E-state index >= 15 is 0 Å². The Kier molecular flexibility index (Phi) is 3.69. The van der Waals surface area contributed by atoms with Crippen LogP contribution in [0.2, 0.25) is 0 Å². The summed E-state index contributed by atoms with van der Waals surface area (Å²) in [7, 11) is 0. The zero-order chi connectivity index (χ0) is 13.9. The van der Waals surface area contributed by atoms with Gasteiger partial charge in [-0.2, -0.15) is 0 Å². The van der Waals surface area contributed by atoms with Crippen molar-refractivity contribution < 1.29 is 5.11 Å². The van der Waals surface area contributed by atoms with Gasteiger partial charge in [-0.25, -0.2) is 9.97 Å². The van der Waals surface area contributed by atoms with Crippen molar-refractivity contribution in [3.05, 3.63) is 36.5 Å². The number of aliphatic hydroxyl groups excluding tert-OH is 1. The van der Waals surface area contributed by atoms with Gasteiger partial charge in [-0.1, -0.05) is 0 Å². The van der Waals surface area contributed by atoms with Crippen LogP contribution in [0.1, 0.15) is 31.5 Å². The van der Waals surface area contributed by atoms with Gasteiger partial charge in [-0.05, 0) is 44.7 Å². The van der Waals surface area contributed by atoms with Crippen LogP contribution in [-0.2, 0) is 0 Å². The first-order valence-electron chi connectivity index (χ1n) is 7.14. The lowest BCUT2D eigenvalue weighted by molar-refractivity contribution is 0.126. The maximum absolute atomic E-state index is 9.58. The topological polar surface area (TPSA) is 63.0 Å². The van der Waals surface area contributed by atoms with E-state index in [-0.39, 0.29) is 6.10 Å². The molecule has 2 aromatic rings. The molecule has 5 nitrogen and oxygen atoms in total. The molecule has 1 saturated carbocycles. The fraction of sp³-hybridized carbons (Fsp3) is 0.467. The number of imidazole rings is 1. The molecule has 3 rings (SSSR count). The molecule has 0 atom stereocenters. The molecule has 20 heavy (non-hydrogen) atoms. The summed E-state index contributed by atoms with van der Waals surface area (Å²) in [6, 6.07) is 4.40. The van der Waals surface area contributed by atoms with E-state index in [1.807, 2.05) is 29.8 Å². The molecular weight excluding hydrogens is 252 g/mol. The van der Waals surface area contributed by atoms with Gasteiger partial charge in [-0.3, -0.25) is 4.57 Å². The maximum Gasteiger partial charge on any atom is 0.161 e. The van der Waals surface area contributed by atoms with Crippen molar-refractivity contribution >= 4 is 5.69 Å². The fourth-order valence-corrected chi connectivity index (χ4v) is 2.74. The van der Waals surface area contributed by atoms with Crippen molar-refractivity contribution in [2.24, 2.45) is 0 Å². The molecule has 0 radical (unpaired) electrons. The Morgan fingerprint density at radius 1 is 1.20 bits per heavy atom. The summed E-state index contributed by atoms with van der Waals surface area (Å²) in [5, 5.41) is 13.1. The van der Waals surface area contributed by atoms with Crippen LogP contribution in [0.4, 0.5) is 5.69 Å². The minimum Gasteiger partial charge on any atom is -0.393 e. The lowest BCUT2D eigenvalue weighted by Gasteiger charge is -2.27. The number of aromatic nitrogens is 3. The average Bonchev–Trinajstić information content (AvgIpc) is 2.88. The predicted octanol–water partition coefficient (Wildman–Crippen LogP) is 2.29. The van der Waals surface area contributed by atoms with E-state index in [1.165, 1.54) is 0 Å². The summed E-state index contributed by atoms with van der Waals surface area (Å²) in [5.74, 6) is 1.81. The lowest BCUT2D eigenvalue weighted by atomic mass is 9.93. The average molecular weight is 272 g/mol. The molecule has 0 aliphatic heterocycles. The summed E-state index contributed by atoms with van der Waals surface area (Å²) in [6.45, 7) is 1.97. The monoisotopic (exact) mass is 272 g/mol. The Morgan fingerprint density at radius 2 is 2.00 bits per heavy atom. The molecule has 0 bridgehead atoms. The van der Waals surface area contributed by atoms with Crippen molar-refractivity contribution in [1.29, 1.82) is 0 Å². The van der Waals surface area contributed by atoms with Gasteiger partial charge in [0.25, 0.3) is 0 Å². The van der Waals surface area contributed by atoms with E-state index in [1.54, 1.807) is 12.4 Å². The molecule has 1 aliphatic rings. The zero-order valence-electron chi connectivity index (χ0n) is 11.7. The van der Waals surface area contributed by atoms with Crippen LogP contribution >= 0.6 is 0 Å². The third-order valence-corrected chi connectivity index (χ3v) is 3.90. The van der Waals surface area contributed by atoms with Crippen LogP contribution < -0.4 is 5.32 Å². The van der Waals surface area contributed by atoms with Gasteiger partial charge >= 0.3 is 0 Å². The zero-order valence-corrected chi connectivity index (χ0v) is 11.7. The predicted molar refractivity (Wildman–Crippen MR) is 78.0 cm³/mol. The Labute approximate surface area is 118 Å². The number of aliphatic hydroxyl groups is 1. The Hall–Kier alpha value is -1.88. The van der Waals surface area contributed by atoms with Crippen LogP contribution in [0.5, 0.6) is 0 Å². The molecule has 0 spiro atoms. The number of pyridine rings is 1. The van der Waals surface area contributed by atoms with Crippen LogP contribution in [0.15, 0.2) is 30.7 Å². The molecule has 2 aromatic heterocycles. The summed E-state index contributed by atoms with van der Waals surface area (Å²) < 4.78 is 1.99. The summed E-state index contributed by atoms with van der Waals surface area (Å²) in [6.07, 6.45) is 9.12. The van der Waals surface area contributed by atoms with Crippen LogP contribution in [-0.4, -0.2) is 31.8 Å². The lowest BCUT2D eigenvalue weighted by Crippen LogP contribution is -2.28. The molecule has 1 aliphatic carbocycles. The first-order chi connectivity index (χ1) is 9.74.